The van der Waals surface area contributed by atoms with Crippen LogP contribution in [-0.2, 0) is 6.54 Å². The summed E-state index contributed by atoms with van der Waals surface area (Å²) in [7, 11) is 0. The van der Waals surface area contributed by atoms with Crippen LogP contribution in [0.5, 0.6) is 0 Å². The predicted octanol–water partition coefficient (Wildman–Crippen LogP) is 0.362. The van der Waals surface area contributed by atoms with E-state index < -0.39 is 0 Å². The van der Waals surface area contributed by atoms with Crippen LogP contribution in [0.2, 0.25) is 0 Å². The Morgan fingerprint density at radius 2 is 2.21 bits per heavy atom. The molecular formula is C9H13N5. The summed E-state index contributed by atoms with van der Waals surface area (Å²) in [4.78, 5) is 8.18. The molecule has 0 unspecified atom stereocenters. The van der Waals surface area contributed by atoms with E-state index in [9.17, 15) is 0 Å². The van der Waals surface area contributed by atoms with Gasteiger partial charge in [-0.1, -0.05) is 0 Å². The van der Waals surface area contributed by atoms with E-state index in [1.165, 1.54) is 0 Å². The number of nitrogen functional groups attached to an aromatic ring is 1. The summed E-state index contributed by atoms with van der Waals surface area (Å²) in [6.45, 7) is 1.55. The number of nitrogens with zero attached hydrogens (tertiary/aromatic N) is 3. The number of hydrogen-bond donors (Lipinski definition) is 2. The molecule has 0 atom stereocenters. The highest BCUT2D eigenvalue weighted by Gasteiger charge is 2.04. The SMILES string of the molecule is NCCCn1cnc2c(N)nccc21. The molecule has 0 spiro atoms. The third-order valence-corrected chi connectivity index (χ3v) is 2.17. The molecule has 14 heavy (non-hydrogen) atoms. The average molecular weight is 191 g/mol. The second kappa shape index (κ2) is 3.63. The minimum Gasteiger partial charge on any atom is -0.382 e. The molecule has 2 heterocycles. The maximum atomic E-state index is 5.69. The lowest BCUT2D eigenvalue weighted by atomic mass is 10.3. The molecule has 0 saturated heterocycles. The van der Waals surface area contributed by atoms with Crippen molar-refractivity contribution >= 4 is 16.9 Å². The van der Waals surface area contributed by atoms with Crippen LogP contribution in [0.25, 0.3) is 11.0 Å². The molecule has 5 heteroatoms. The quantitative estimate of drug-likeness (QED) is 0.733. The molecule has 2 rings (SSSR count). The first-order chi connectivity index (χ1) is 6.83. The monoisotopic (exact) mass is 191 g/mol. The lowest BCUT2D eigenvalue weighted by Crippen LogP contribution is -2.04. The molecule has 2 aromatic heterocycles. The standard InChI is InChI=1S/C9H13N5/c10-3-1-5-14-6-13-8-7(14)2-4-12-9(8)11/h2,4,6H,1,3,5,10H2,(H2,11,12). The van der Waals surface area contributed by atoms with Crippen LogP contribution in [0.3, 0.4) is 0 Å². The van der Waals surface area contributed by atoms with Gasteiger partial charge < -0.3 is 16.0 Å². The molecule has 0 radical (unpaired) electrons. The van der Waals surface area contributed by atoms with Crippen molar-refractivity contribution in [2.45, 2.75) is 13.0 Å². The zero-order chi connectivity index (χ0) is 9.97. The average Bonchev–Trinajstić information content (AvgIpc) is 2.60. The van der Waals surface area contributed by atoms with Crippen molar-refractivity contribution in [3.8, 4) is 0 Å². The minimum atomic E-state index is 0.481. The van der Waals surface area contributed by atoms with Crippen LogP contribution in [0.1, 0.15) is 6.42 Å². The second-order valence-electron chi connectivity index (χ2n) is 3.14. The number of hydrogen-bond acceptors (Lipinski definition) is 4. The second-order valence-corrected chi connectivity index (χ2v) is 3.14. The van der Waals surface area contributed by atoms with Crippen LogP contribution in [0.4, 0.5) is 5.82 Å². The van der Waals surface area contributed by atoms with Gasteiger partial charge in [-0.25, -0.2) is 9.97 Å². The summed E-state index contributed by atoms with van der Waals surface area (Å²) in [6.07, 6.45) is 4.41. The van der Waals surface area contributed by atoms with E-state index in [0.717, 1.165) is 24.0 Å². The van der Waals surface area contributed by atoms with E-state index in [1.807, 2.05) is 10.6 Å². The number of pyridine rings is 1. The minimum absolute atomic E-state index is 0.481. The van der Waals surface area contributed by atoms with E-state index >= 15 is 0 Å². The van der Waals surface area contributed by atoms with Crippen LogP contribution < -0.4 is 11.5 Å². The third kappa shape index (κ3) is 1.42. The van der Waals surface area contributed by atoms with Crippen molar-refractivity contribution in [2.75, 3.05) is 12.3 Å². The topological polar surface area (TPSA) is 82.8 Å². The van der Waals surface area contributed by atoms with Crippen molar-refractivity contribution < 1.29 is 0 Å². The largest absolute Gasteiger partial charge is 0.382 e. The summed E-state index contributed by atoms with van der Waals surface area (Å²) in [5.74, 6) is 0.481. The van der Waals surface area contributed by atoms with E-state index in [4.69, 9.17) is 11.5 Å². The molecule has 74 valence electrons. The van der Waals surface area contributed by atoms with Gasteiger partial charge in [0.25, 0.3) is 0 Å². The van der Waals surface area contributed by atoms with E-state index in [-0.39, 0.29) is 0 Å². The maximum absolute atomic E-state index is 5.69. The van der Waals surface area contributed by atoms with Gasteiger partial charge in [0.15, 0.2) is 5.82 Å². The van der Waals surface area contributed by atoms with E-state index in [0.29, 0.717) is 12.4 Å². The number of aryl methyl sites for hydroxylation is 1. The van der Waals surface area contributed by atoms with Gasteiger partial charge in [0, 0.05) is 12.7 Å². The Labute approximate surface area is 81.7 Å². The number of anilines is 1. The first-order valence-corrected chi connectivity index (χ1v) is 4.58. The zero-order valence-electron chi connectivity index (χ0n) is 7.85. The summed E-state index contributed by atoms with van der Waals surface area (Å²) in [5, 5.41) is 0. The molecule has 2 aromatic rings. The molecular weight excluding hydrogens is 178 g/mol. The molecule has 0 aliphatic heterocycles. The molecule has 0 aliphatic rings. The molecule has 0 fully saturated rings. The molecule has 0 amide bonds. The van der Waals surface area contributed by atoms with E-state index in [2.05, 4.69) is 9.97 Å². The van der Waals surface area contributed by atoms with Gasteiger partial charge in [-0.15, -0.1) is 0 Å². The van der Waals surface area contributed by atoms with Crippen molar-refractivity contribution in [3.05, 3.63) is 18.6 Å². The molecule has 0 saturated carbocycles. The van der Waals surface area contributed by atoms with Gasteiger partial charge in [0.2, 0.25) is 0 Å². The Morgan fingerprint density at radius 1 is 1.36 bits per heavy atom. The number of rotatable bonds is 3. The molecule has 0 aromatic carbocycles. The van der Waals surface area contributed by atoms with Crippen molar-refractivity contribution in [1.82, 2.24) is 14.5 Å². The Balaban J connectivity index is 2.42. The van der Waals surface area contributed by atoms with Crippen molar-refractivity contribution in [1.29, 1.82) is 0 Å². The maximum Gasteiger partial charge on any atom is 0.151 e. The van der Waals surface area contributed by atoms with Gasteiger partial charge in [0.1, 0.15) is 5.52 Å². The molecule has 5 nitrogen and oxygen atoms in total. The van der Waals surface area contributed by atoms with E-state index in [1.54, 1.807) is 12.5 Å². The van der Waals surface area contributed by atoms with Gasteiger partial charge in [0.05, 0.1) is 11.8 Å². The molecule has 4 N–H and O–H groups in total. The first kappa shape index (κ1) is 8.96. The van der Waals surface area contributed by atoms with Gasteiger partial charge >= 0.3 is 0 Å². The Kier molecular flexibility index (Phi) is 2.32. The van der Waals surface area contributed by atoms with Crippen LogP contribution in [0, 0.1) is 0 Å². The normalized spacial score (nSPS) is 10.9. The Hall–Kier alpha value is -1.62. The Bertz CT molecular complexity index is 434. The predicted molar refractivity (Wildman–Crippen MR) is 55.6 cm³/mol. The van der Waals surface area contributed by atoms with Gasteiger partial charge in [-0.2, -0.15) is 0 Å². The Morgan fingerprint density at radius 3 is 3.00 bits per heavy atom. The fourth-order valence-electron chi connectivity index (χ4n) is 1.45. The highest BCUT2D eigenvalue weighted by Crippen LogP contribution is 2.16. The van der Waals surface area contributed by atoms with Gasteiger partial charge in [-0.3, -0.25) is 0 Å². The van der Waals surface area contributed by atoms with Crippen LogP contribution in [-0.4, -0.2) is 21.1 Å². The highest BCUT2D eigenvalue weighted by molar-refractivity contribution is 5.84. The van der Waals surface area contributed by atoms with Crippen LogP contribution in [0.15, 0.2) is 18.6 Å². The smallest absolute Gasteiger partial charge is 0.151 e. The van der Waals surface area contributed by atoms with Crippen LogP contribution >= 0.6 is 0 Å². The van der Waals surface area contributed by atoms with Gasteiger partial charge in [-0.05, 0) is 19.0 Å². The number of aromatic nitrogens is 3. The fourth-order valence-corrected chi connectivity index (χ4v) is 1.45. The fraction of sp³-hybridized carbons (Fsp3) is 0.333. The van der Waals surface area contributed by atoms with Crippen molar-refractivity contribution in [2.24, 2.45) is 5.73 Å². The number of imidazole rings is 1. The third-order valence-electron chi connectivity index (χ3n) is 2.17. The lowest BCUT2D eigenvalue weighted by Gasteiger charge is -2.02. The molecule has 0 aliphatic carbocycles. The highest BCUT2D eigenvalue weighted by atomic mass is 15.1. The number of nitrogens with two attached hydrogens (primary N) is 2. The van der Waals surface area contributed by atoms with Crippen molar-refractivity contribution in [3.63, 3.8) is 0 Å². The summed E-state index contributed by atoms with van der Waals surface area (Å²) in [6, 6.07) is 1.91. The summed E-state index contributed by atoms with van der Waals surface area (Å²) >= 11 is 0. The summed E-state index contributed by atoms with van der Waals surface area (Å²) < 4.78 is 2.04. The first-order valence-electron chi connectivity index (χ1n) is 4.58. The zero-order valence-corrected chi connectivity index (χ0v) is 7.85. The number of fused-ring (bicyclic) bond motifs is 1. The summed E-state index contributed by atoms with van der Waals surface area (Å²) in [5.41, 5.74) is 12.9. The molecule has 0 bridgehead atoms. The lowest BCUT2D eigenvalue weighted by molar-refractivity contribution is 0.666.